The third kappa shape index (κ3) is 4.38. The molecule has 1 aromatic heterocycles. The van der Waals surface area contributed by atoms with Crippen LogP contribution < -0.4 is 15.4 Å². The molecule has 0 aliphatic carbocycles. The molecule has 0 radical (unpaired) electrons. The smallest absolute Gasteiger partial charge is 0.267 e. The first-order valence-electron chi connectivity index (χ1n) is 10.4. The second-order valence-electron chi connectivity index (χ2n) is 7.59. The standard InChI is InChI=1S/C22H27N5O3/c23-18-7-5-9-24-21(18)26-14-12-25(13-15-26)10-3-4-11-27-20(28)16-30-19-8-2-1-6-17(19)22(27)29/h1-2,5-9H,3-4,10-16,23H2. The number of hydrogen-bond acceptors (Lipinski definition) is 7. The maximum absolute atomic E-state index is 12.7. The van der Waals surface area contributed by atoms with Gasteiger partial charge >= 0.3 is 0 Å². The first kappa shape index (κ1) is 20.2. The van der Waals surface area contributed by atoms with E-state index >= 15 is 0 Å². The Kier molecular flexibility index (Phi) is 6.13. The Hall–Kier alpha value is -3.13. The van der Waals surface area contributed by atoms with Gasteiger partial charge in [0, 0.05) is 38.9 Å². The monoisotopic (exact) mass is 409 g/mol. The summed E-state index contributed by atoms with van der Waals surface area (Å²) in [4.78, 5) is 35.4. The minimum atomic E-state index is -0.280. The molecule has 2 aliphatic heterocycles. The Labute approximate surface area is 176 Å². The van der Waals surface area contributed by atoms with Crippen molar-refractivity contribution < 1.29 is 14.3 Å². The lowest BCUT2D eigenvalue weighted by Crippen LogP contribution is -2.47. The van der Waals surface area contributed by atoms with Crippen molar-refractivity contribution in [2.24, 2.45) is 0 Å². The van der Waals surface area contributed by atoms with Crippen LogP contribution in [0.3, 0.4) is 0 Å². The molecule has 3 heterocycles. The molecule has 8 heteroatoms. The van der Waals surface area contributed by atoms with Gasteiger partial charge in [-0.3, -0.25) is 19.4 Å². The Bertz CT molecular complexity index is 911. The van der Waals surface area contributed by atoms with E-state index in [2.05, 4.69) is 14.8 Å². The molecule has 158 valence electrons. The van der Waals surface area contributed by atoms with Crippen molar-refractivity contribution in [2.75, 3.05) is 56.5 Å². The van der Waals surface area contributed by atoms with Crippen molar-refractivity contribution in [1.82, 2.24) is 14.8 Å². The van der Waals surface area contributed by atoms with Crippen LogP contribution in [-0.4, -0.2) is 72.5 Å². The summed E-state index contributed by atoms with van der Waals surface area (Å²) >= 11 is 0. The summed E-state index contributed by atoms with van der Waals surface area (Å²) < 4.78 is 5.48. The minimum absolute atomic E-state index is 0.0959. The molecular formula is C22H27N5O3. The zero-order valence-electron chi connectivity index (χ0n) is 17.0. The molecule has 0 unspecified atom stereocenters. The second-order valence-corrected chi connectivity index (χ2v) is 7.59. The third-order valence-corrected chi connectivity index (χ3v) is 5.61. The number of anilines is 2. The van der Waals surface area contributed by atoms with Crippen LogP contribution >= 0.6 is 0 Å². The number of benzene rings is 1. The van der Waals surface area contributed by atoms with Gasteiger partial charge in [0.15, 0.2) is 12.4 Å². The number of imide groups is 1. The van der Waals surface area contributed by atoms with E-state index in [4.69, 9.17) is 10.5 Å². The number of aromatic nitrogens is 1. The van der Waals surface area contributed by atoms with Crippen LogP contribution in [0.4, 0.5) is 11.5 Å². The molecule has 1 fully saturated rings. The predicted molar refractivity (Wildman–Crippen MR) is 115 cm³/mol. The van der Waals surface area contributed by atoms with E-state index in [1.54, 1.807) is 30.5 Å². The van der Waals surface area contributed by atoms with Gasteiger partial charge in [-0.1, -0.05) is 12.1 Å². The number of rotatable bonds is 6. The number of nitrogen functional groups attached to an aromatic ring is 1. The van der Waals surface area contributed by atoms with Gasteiger partial charge in [0.1, 0.15) is 5.75 Å². The van der Waals surface area contributed by atoms with Crippen LogP contribution in [0.25, 0.3) is 0 Å². The molecular weight excluding hydrogens is 382 g/mol. The largest absolute Gasteiger partial charge is 0.483 e. The van der Waals surface area contributed by atoms with Crippen LogP contribution in [0, 0.1) is 0 Å². The van der Waals surface area contributed by atoms with E-state index in [1.807, 2.05) is 12.1 Å². The van der Waals surface area contributed by atoms with Gasteiger partial charge in [-0.2, -0.15) is 0 Å². The molecule has 2 aromatic rings. The van der Waals surface area contributed by atoms with Crippen LogP contribution in [0.15, 0.2) is 42.6 Å². The number of nitrogens with zero attached hydrogens (tertiary/aromatic N) is 4. The molecule has 1 saturated heterocycles. The number of piperazine rings is 1. The summed E-state index contributed by atoms with van der Waals surface area (Å²) in [6.45, 7) is 4.92. The minimum Gasteiger partial charge on any atom is -0.483 e. The Morgan fingerprint density at radius 2 is 1.73 bits per heavy atom. The number of hydrogen-bond donors (Lipinski definition) is 1. The van der Waals surface area contributed by atoms with Crippen LogP contribution in [-0.2, 0) is 4.79 Å². The van der Waals surface area contributed by atoms with Crippen molar-refractivity contribution in [3.63, 3.8) is 0 Å². The van der Waals surface area contributed by atoms with Crippen molar-refractivity contribution in [3.05, 3.63) is 48.2 Å². The zero-order chi connectivity index (χ0) is 20.9. The summed E-state index contributed by atoms with van der Waals surface area (Å²) in [5.74, 6) is 0.787. The highest BCUT2D eigenvalue weighted by Gasteiger charge is 2.29. The molecule has 30 heavy (non-hydrogen) atoms. The van der Waals surface area contributed by atoms with E-state index in [9.17, 15) is 9.59 Å². The van der Waals surface area contributed by atoms with Gasteiger partial charge in [0.05, 0.1) is 11.3 Å². The average Bonchev–Trinajstić information content (AvgIpc) is 2.89. The summed E-state index contributed by atoms with van der Waals surface area (Å²) in [5, 5.41) is 0. The fourth-order valence-corrected chi connectivity index (χ4v) is 3.93. The van der Waals surface area contributed by atoms with E-state index in [0.29, 0.717) is 23.5 Å². The average molecular weight is 409 g/mol. The quantitative estimate of drug-likeness (QED) is 0.573. The molecule has 0 atom stereocenters. The van der Waals surface area contributed by atoms with Gasteiger partial charge in [-0.05, 0) is 43.7 Å². The van der Waals surface area contributed by atoms with Crippen molar-refractivity contribution >= 4 is 23.3 Å². The number of pyridine rings is 1. The molecule has 0 bridgehead atoms. The van der Waals surface area contributed by atoms with E-state index in [1.165, 1.54) is 4.90 Å². The fourth-order valence-electron chi connectivity index (χ4n) is 3.93. The number of nitrogens with two attached hydrogens (primary N) is 1. The first-order chi connectivity index (χ1) is 14.6. The highest BCUT2D eigenvalue weighted by Crippen LogP contribution is 2.23. The number of para-hydroxylation sites is 1. The Morgan fingerprint density at radius 3 is 2.53 bits per heavy atom. The molecule has 2 N–H and O–H groups in total. The lowest BCUT2D eigenvalue weighted by Gasteiger charge is -2.35. The van der Waals surface area contributed by atoms with Crippen LogP contribution in [0.1, 0.15) is 23.2 Å². The summed E-state index contributed by atoms with van der Waals surface area (Å²) in [6.07, 6.45) is 3.46. The van der Waals surface area contributed by atoms with Crippen molar-refractivity contribution in [3.8, 4) is 5.75 Å². The van der Waals surface area contributed by atoms with Crippen LogP contribution in [0.2, 0.25) is 0 Å². The number of fused-ring (bicyclic) bond motifs is 1. The molecule has 0 spiro atoms. The van der Waals surface area contributed by atoms with Gasteiger partial charge < -0.3 is 15.4 Å². The maximum atomic E-state index is 12.7. The summed E-state index contributed by atoms with van der Waals surface area (Å²) in [7, 11) is 0. The summed E-state index contributed by atoms with van der Waals surface area (Å²) in [6, 6.07) is 10.7. The van der Waals surface area contributed by atoms with Gasteiger partial charge in [-0.15, -0.1) is 0 Å². The summed E-state index contributed by atoms with van der Waals surface area (Å²) in [5.41, 5.74) is 7.20. The van der Waals surface area contributed by atoms with E-state index in [0.717, 1.165) is 51.4 Å². The van der Waals surface area contributed by atoms with Gasteiger partial charge in [-0.25, -0.2) is 4.98 Å². The Morgan fingerprint density at radius 1 is 0.967 bits per heavy atom. The normalized spacial score (nSPS) is 17.5. The number of carbonyl (C=O) groups excluding carboxylic acids is 2. The molecule has 8 nitrogen and oxygen atoms in total. The second kappa shape index (κ2) is 9.13. The number of amides is 2. The molecule has 0 saturated carbocycles. The highest BCUT2D eigenvalue weighted by molar-refractivity contribution is 6.07. The fraction of sp³-hybridized carbons (Fsp3) is 0.409. The number of unbranched alkanes of at least 4 members (excludes halogenated alkanes) is 1. The lowest BCUT2D eigenvalue weighted by molar-refractivity contribution is -0.130. The molecule has 1 aromatic carbocycles. The molecule has 2 aliphatic rings. The molecule has 2 amide bonds. The Balaban J connectivity index is 1.23. The molecule has 4 rings (SSSR count). The highest BCUT2D eigenvalue weighted by atomic mass is 16.5. The van der Waals surface area contributed by atoms with Gasteiger partial charge in [0.2, 0.25) is 0 Å². The van der Waals surface area contributed by atoms with Crippen LogP contribution in [0.5, 0.6) is 5.75 Å². The third-order valence-electron chi connectivity index (χ3n) is 5.61. The SMILES string of the molecule is Nc1cccnc1N1CCN(CCCCN2C(=O)COc3ccccc3C2=O)CC1. The van der Waals surface area contributed by atoms with Crippen molar-refractivity contribution in [1.29, 1.82) is 0 Å². The zero-order valence-corrected chi connectivity index (χ0v) is 17.0. The first-order valence-corrected chi connectivity index (χ1v) is 10.4. The maximum Gasteiger partial charge on any atom is 0.267 e. The predicted octanol–water partition coefficient (Wildman–Crippen LogP) is 1.63. The number of carbonyl (C=O) groups is 2. The van der Waals surface area contributed by atoms with E-state index in [-0.39, 0.29) is 18.4 Å². The van der Waals surface area contributed by atoms with Crippen molar-refractivity contribution in [2.45, 2.75) is 12.8 Å². The van der Waals surface area contributed by atoms with Gasteiger partial charge in [0.25, 0.3) is 11.8 Å². The lowest BCUT2D eigenvalue weighted by atomic mass is 10.1. The van der Waals surface area contributed by atoms with E-state index < -0.39 is 0 Å². The topological polar surface area (TPSA) is 92.0 Å². The number of ether oxygens (including phenoxy) is 1.